The molecule has 0 bridgehead atoms. The van der Waals surface area contributed by atoms with Gasteiger partial charge in [-0.15, -0.1) is 0 Å². The largest absolute Gasteiger partial charge is 0.368 e. The second-order valence-electron chi connectivity index (χ2n) is 5.99. The monoisotopic (exact) mass is 360 g/mol. The summed E-state index contributed by atoms with van der Waals surface area (Å²) >= 11 is 6.11. The number of aromatic nitrogens is 2. The summed E-state index contributed by atoms with van der Waals surface area (Å²) < 4.78 is 2.05. The summed E-state index contributed by atoms with van der Waals surface area (Å²) in [6, 6.07) is 8.07. The van der Waals surface area contributed by atoms with Crippen LogP contribution in [-0.2, 0) is 6.54 Å². The molecule has 0 aliphatic carbocycles. The first-order valence-corrected chi connectivity index (χ1v) is 9.13. The molecule has 25 heavy (non-hydrogen) atoms. The van der Waals surface area contributed by atoms with Crippen LogP contribution in [0.3, 0.4) is 0 Å². The smallest absolute Gasteiger partial charge is 0.194 e. The number of piperazine rings is 1. The van der Waals surface area contributed by atoms with E-state index < -0.39 is 0 Å². The Labute approximate surface area is 154 Å². The maximum absolute atomic E-state index is 6.11. The number of anilines is 1. The number of rotatable bonds is 5. The lowest BCUT2D eigenvalue weighted by Crippen LogP contribution is -2.52. The summed E-state index contributed by atoms with van der Waals surface area (Å²) in [7, 11) is 0. The maximum atomic E-state index is 6.11. The lowest BCUT2D eigenvalue weighted by molar-refractivity contribution is 0.372. The number of imidazole rings is 1. The molecule has 1 saturated heterocycles. The molecule has 1 aliphatic heterocycles. The average molecular weight is 361 g/mol. The second-order valence-corrected chi connectivity index (χ2v) is 6.43. The zero-order valence-electron chi connectivity index (χ0n) is 14.6. The number of hydrogen-bond acceptors (Lipinski definition) is 3. The third-order valence-electron chi connectivity index (χ3n) is 4.27. The first-order chi connectivity index (χ1) is 12.3. The molecule has 0 spiro atoms. The van der Waals surface area contributed by atoms with Gasteiger partial charge < -0.3 is 19.7 Å². The Morgan fingerprint density at radius 2 is 2.12 bits per heavy atom. The molecule has 0 radical (unpaired) electrons. The van der Waals surface area contributed by atoms with Gasteiger partial charge >= 0.3 is 0 Å². The standard InChI is InChI=1S/C18H25ClN6/c1-2-21-18(22-7-9-23-8-6-20-15-23)25-12-10-24(11-13-25)17-5-3-4-16(19)14-17/h3-6,8,14-15H,2,7,9-13H2,1H3,(H,21,22). The van der Waals surface area contributed by atoms with Gasteiger partial charge in [-0.25, -0.2) is 4.98 Å². The number of guanidine groups is 1. The molecule has 1 fully saturated rings. The quantitative estimate of drug-likeness (QED) is 0.656. The fraction of sp³-hybridized carbons (Fsp3) is 0.444. The molecule has 0 atom stereocenters. The van der Waals surface area contributed by atoms with E-state index in [1.807, 2.05) is 35.3 Å². The zero-order valence-corrected chi connectivity index (χ0v) is 15.4. The summed E-state index contributed by atoms with van der Waals surface area (Å²) in [6.45, 7) is 8.39. The summed E-state index contributed by atoms with van der Waals surface area (Å²) in [5.41, 5.74) is 1.19. The SMILES string of the molecule is CCNC(=NCCn1ccnc1)N1CCN(c2cccc(Cl)c2)CC1. The van der Waals surface area contributed by atoms with E-state index in [4.69, 9.17) is 16.6 Å². The molecular weight excluding hydrogens is 336 g/mol. The summed E-state index contributed by atoms with van der Waals surface area (Å²) in [5, 5.41) is 4.19. The maximum Gasteiger partial charge on any atom is 0.194 e. The van der Waals surface area contributed by atoms with Gasteiger partial charge in [0.1, 0.15) is 0 Å². The molecule has 0 unspecified atom stereocenters. The average Bonchev–Trinajstić information content (AvgIpc) is 3.15. The van der Waals surface area contributed by atoms with Gasteiger partial charge in [-0.1, -0.05) is 17.7 Å². The van der Waals surface area contributed by atoms with Crippen molar-refractivity contribution in [1.29, 1.82) is 0 Å². The molecule has 6 nitrogen and oxygen atoms in total. The van der Waals surface area contributed by atoms with Crippen molar-refractivity contribution in [2.75, 3.05) is 44.2 Å². The third kappa shape index (κ3) is 4.89. The fourth-order valence-electron chi connectivity index (χ4n) is 2.97. The van der Waals surface area contributed by atoms with Crippen LogP contribution in [-0.4, -0.2) is 59.7 Å². The van der Waals surface area contributed by atoms with E-state index >= 15 is 0 Å². The zero-order chi connectivity index (χ0) is 17.5. The summed E-state index contributed by atoms with van der Waals surface area (Å²) in [4.78, 5) is 13.5. The molecule has 3 rings (SSSR count). The minimum Gasteiger partial charge on any atom is -0.368 e. The lowest BCUT2D eigenvalue weighted by Gasteiger charge is -2.37. The van der Waals surface area contributed by atoms with E-state index in [0.717, 1.165) is 56.8 Å². The predicted molar refractivity (Wildman–Crippen MR) is 103 cm³/mol. The Kier molecular flexibility index (Phi) is 6.17. The van der Waals surface area contributed by atoms with Crippen molar-refractivity contribution >= 4 is 23.2 Å². The fourth-order valence-corrected chi connectivity index (χ4v) is 3.15. The van der Waals surface area contributed by atoms with Crippen molar-refractivity contribution in [1.82, 2.24) is 19.8 Å². The highest BCUT2D eigenvalue weighted by Crippen LogP contribution is 2.20. The van der Waals surface area contributed by atoms with Crippen LogP contribution in [0.15, 0.2) is 48.0 Å². The summed E-state index contributed by atoms with van der Waals surface area (Å²) in [5.74, 6) is 0.994. The van der Waals surface area contributed by atoms with Gasteiger partial charge in [-0.05, 0) is 25.1 Å². The van der Waals surface area contributed by atoms with E-state index in [2.05, 4.69) is 33.1 Å². The molecule has 1 N–H and O–H groups in total. The van der Waals surface area contributed by atoms with E-state index in [9.17, 15) is 0 Å². The van der Waals surface area contributed by atoms with Crippen LogP contribution in [0.1, 0.15) is 6.92 Å². The van der Waals surface area contributed by atoms with Crippen molar-refractivity contribution in [3.05, 3.63) is 48.0 Å². The summed E-state index contributed by atoms with van der Waals surface area (Å²) in [6.07, 6.45) is 5.59. The molecule has 2 heterocycles. The number of nitrogens with zero attached hydrogens (tertiary/aromatic N) is 5. The minimum absolute atomic E-state index is 0.743. The molecule has 1 aliphatic rings. The number of hydrogen-bond donors (Lipinski definition) is 1. The van der Waals surface area contributed by atoms with Crippen LogP contribution in [0.4, 0.5) is 5.69 Å². The van der Waals surface area contributed by atoms with Crippen molar-refractivity contribution in [3.8, 4) is 0 Å². The number of nitrogens with one attached hydrogen (secondary N) is 1. The van der Waals surface area contributed by atoms with Crippen LogP contribution in [0.5, 0.6) is 0 Å². The van der Waals surface area contributed by atoms with Gasteiger partial charge in [0.15, 0.2) is 5.96 Å². The van der Waals surface area contributed by atoms with Gasteiger partial charge in [-0.3, -0.25) is 4.99 Å². The Hall–Kier alpha value is -2.21. The highest BCUT2D eigenvalue weighted by molar-refractivity contribution is 6.30. The molecule has 134 valence electrons. The normalized spacial score (nSPS) is 15.5. The molecule has 0 saturated carbocycles. The molecular formula is C18H25ClN6. The Morgan fingerprint density at radius 3 is 2.80 bits per heavy atom. The van der Waals surface area contributed by atoms with Crippen molar-refractivity contribution in [2.45, 2.75) is 13.5 Å². The first kappa shape index (κ1) is 17.6. The highest BCUT2D eigenvalue weighted by atomic mass is 35.5. The van der Waals surface area contributed by atoms with E-state index in [1.54, 1.807) is 6.20 Å². The number of halogens is 1. The van der Waals surface area contributed by atoms with E-state index in [0.29, 0.717) is 0 Å². The number of aliphatic imine (C=N–C) groups is 1. The van der Waals surface area contributed by atoms with Crippen molar-refractivity contribution < 1.29 is 0 Å². The Morgan fingerprint density at radius 1 is 1.28 bits per heavy atom. The van der Waals surface area contributed by atoms with Gasteiger partial charge in [0, 0.05) is 62.4 Å². The van der Waals surface area contributed by atoms with Crippen LogP contribution < -0.4 is 10.2 Å². The molecule has 7 heteroatoms. The van der Waals surface area contributed by atoms with Gasteiger partial charge in [0.05, 0.1) is 12.9 Å². The molecule has 1 aromatic heterocycles. The van der Waals surface area contributed by atoms with Crippen LogP contribution in [0.25, 0.3) is 0 Å². The van der Waals surface area contributed by atoms with Gasteiger partial charge in [-0.2, -0.15) is 0 Å². The van der Waals surface area contributed by atoms with E-state index in [-0.39, 0.29) is 0 Å². The molecule has 0 amide bonds. The van der Waals surface area contributed by atoms with E-state index in [1.165, 1.54) is 5.69 Å². The van der Waals surface area contributed by atoms with Gasteiger partial charge in [0.2, 0.25) is 0 Å². The Balaban J connectivity index is 1.56. The lowest BCUT2D eigenvalue weighted by atomic mass is 10.2. The van der Waals surface area contributed by atoms with Crippen molar-refractivity contribution in [3.63, 3.8) is 0 Å². The van der Waals surface area contributed by atoms with Crippen LogP contribution in [0.2, 0.25) is 5.02 Å². The third-order valence-corrected chi connectivity index (χ3v) is 4.50. The predicted octanol–water partition coefficient (Wildman–Crippen LogP) is 2.32. The first-order valence-electron chi connectivity index (χ1n) is 8.76. The highest BCUT2D eigenvalue weighted by Gasteiger charge is 2.19. The van der Waals surface area contributed by atoms with Crippen LogP contribution in [0, 0.1) is 0 Å². The molecule has 2 aromatic rings. The molecule has 1 aromatic carbocycles. The minimum atomic E-state index is 0.743. The second kappa shape index (κ2) is 8.76. The van der Waals surface area contributed by atoms with Gasteiger partial charge in [0.25, 0.3) is 0 Å². The Bertz CT molecular complexity index is 677. The topological polar surface area (TPSA) is 48.7 Å². The van der Waals surface area contributed by atoms with Crippen LogP contribution >= 0.6 is 11.6 Å². The number of benzene rings is 1. The van der Waals surface area contributed by atoms with Crippen molar-refractivity contribution in [2.24, 2.45) is 4.99 Å².